The van der Waals surface area contributed by atoms with Gasteiger partial charge in [0.25, 0.3) is 0 Å². The third-order valence-electron chi connectivity index (χ3n) is 10.3. The van der Waals surface area contributed by atoms with Gasteiger partial charge in [0.2, 0.25) is 11.8 Å². The van der Waals surface area contributed by atoms with Gasteiger partial charge >= 0.3 is 6.36 Å². The van der Waals surface area contributed by atoms with E-state index in [2.05, 4.69) is 32.2 Å². The van der Waals surface area contributed by atoms with Crippen LogP contribution in [-0.4, -0.2) is 65.7 Å². The molecule has 4 N–H and O–H groups in total. The minimum Gasteiger partial charge on any atom is -0.472 e. The van der Waals surface area contributed by atoms with Crippen LogP contribution in [0.2, 0.25) is 0 Å². The molecule has 1 saturated carbocycles. The van der Waals surface area contributed by atoms with Gasteiger partial charge in [-0.25, -0.2) is 18.7 Å². The van der Waals surface area contributed by atoms with Crippen molar-refractivity contribution in [3.05, 3.63) is 29.3 Å². The van der Waals surface area contributed by atoms with Crippen molar-refractivity contribution in [1.82, 2.24) is 15.3 Å². The molecule has 6 atom stereocenters. The minimum atomic E-state index is -5.30. The lowest BCUT2D eigenvalue weighted by Gasteiger charge is -2.46. The Balaban J connectivity index is 1.38. The molecule has 3 saturated heterocycles. The third kappa shape index (κ3) is 4.30. The fraction of sp³-hybridized carbons (Fsp3) is 0.516. The van der Waals surface area contributed by atoms with E-state index in [1.165, 1.54) is 0 Å². The zero-order valence-corrected chi connectivity index (χ0v) is 25.1. The van der Waals surface area contributed by atoms with Crippen molar-refractivity contribution in [1.29, 1.82) is 0 Å². The Hall–Kier alpha value is -3.98. The Morgan fingerprint density at radius 3 is 2.72 bits per heavy atom. The lowest BCUT2D eigenvalue weighted by atomic mass is 9.95. The number of ether oxygens (including phenoxy) is 3. The molecule has 5 aliphatic rings. The van der Waals surface area contributed by atoms with E-state index in [0.717, 1.165) is 18.9 Å². The standard InChI is InChI=1S/C31H31F5N6O4/c1-12-19-20-26(39-25(12)40-28(43)30-8-14(30)9-44-11-30)42-10-29(3)5-4-18(41-29)23(42)13(2)45-27(20)38-22(21(19)33)16-6-15(37)7-17(32)24(16)46-31(34,35)36/h6-7,13-14,18,23,41H,4-5,8-11,37H2,1-3H3,(H,39,40,43)/t13-,14?,18-,23+,29+,30?/m0/s1. The molecular formula is C31H31F5N6O4. The van der Waals surface area contributed by atoms with Crippen molar-refractivity contribution < 1.29 is 41.0 Å². The minimum absolute atomic E-state index is 0.0138. The molecule has 2 bridgehead atoms. The Kier molecular flexibility index (Phi) is 6.10. The van der Waals surface area contributed by atoms with Gasteiger partial charge in [-0.2, -0.15) is 0 Å². The molecule has 15 heteroatoms. The number of nitrogens with one attached hydrogen (secondary N) is 2. The number of amides is 1. The number of carbonyl (C=O) groups is 1. The van der Waals surface area contributed by atoms with Crippen molar-refractivity contribution in [2.45, 2.75) is 70.1 Å². The smallest absolute Gasteiger partial charge is 0.472 e. The highest BCUT2D eigenvalue weighted by atomic mass is 19.4. The predicted octanol–water partition coefficient (Wildman–Crippen LogP) is 4.82. The first-order chi connectivity index (χ1) is 21.7. The highest BCUT2D eigenvalue weighted by molar-refractivity contribution is 6.06. The lowest BCUT2D eigenvalue weighted by molar-refractivity contribution is -0.275. The van der Waals surface area contributed by atoms with Crippen LogP contribution in [-0.2, 0) is 9.53 Å². The maximum absolute atomic E-state index is 17.0. The van der Waals surface area contributed by atoms with Crippen LogP contribution in [0.15, 0.2) is 12.1 Å². The Morgan fingerprint density at radius 1 is 1.24 bits per heavy atom. The number of rotatable bonds is 4. The van der Waals surface area contributed by atoms with E-state index in [-0.39, 0.29) is 69.8 Å². The first kappa shape index (κ1) is 29.4. The summed E-state index contributed by atoms with van der Waals surface area (Å²) in [5.74, 6) is -3.68. The number of aromatic nitrogens is 2. The summed E-state index contributed by atoms with van der Waals surface area (Å²) in [6, 6.07) is 1.33. The van der Waals surface area contributed by atoms with Crippen LogP contribution in [0.25, 0.3) is 22.0 Å². The van der Waals surface area contributed by atoms with Gasteiger partial charge < -0.3 is 35.5 Å². The van der Waals surface area contributed by atoms with Gasteiger partial charge in [0, 0.05) is 46.7 Å². The normalized spacial score (nSPS) is 30.8. The molecule has 8 rings (SSSR count). The summed E-state index contributed by atoms with van der Waals surface area (Å²) < 4.78 is 88.2. The van der Waals surface area contributed by atoms with Crippen LogP contribution < -0.4 is 30.7 Å². The number of aryl methyl sites for hydroxylation is 1. The van der Waals surface area contributed by atoms with Crippen LogP contribution in [0.1, 0.15) is 38.7 Å². The zero-order chi connectivity index (χ0) is 32.5. The fourth-order valence-corrected chi connectivity index (χ4v) is 7.99. The van der Waals surface area contributed by atoms with Crippen molar-refractivity contribution in [2.75, 3.05) is 35.7 Å². The maximum Gasteiger partial charge on any atom is 0.573 e. The highest BCUT2D eigenvalue weighted by Gasteiger charge is 2.63. The Morgan fingerprint density at radius 2 is 2.02 bits per heavy atom. The summed E-state index contributed by atoms with van der Waals surface area (Å²) in [5.41, 5.74) is 3.48. The van der Waals surface area contributed by atoms with Gasteiger partial charge in [0.15, 0.2) is 17.4 Å². The number of anilines is 3. The second-order valence-electron chi connectivity index (χ2n) is 13.5. The van der Waals surface area contributed by atoms with Crippen molar-refractivity contribution >= 4 is 34.0 Å². The molecule has 3 aromatic rings. The lowest BCUT2D eigenvalue weighted by Crippen LogP contribution is -2.66. The largest absolute Gasteiger partial charge is 0.573 e. The van der Waals surface area contributed by atoms with Gasteiger partial charge in [-0.3, -0.25) is 4.79 Å². The Labute approximate surface area is 259 Å². The van der Waals surface area contributed by atoms with Gasteiger partial charge in [-0.05, 0) is 46.1 Å². The molecule has 1 aromatic carbocycles. The molecule has 244 valence electrons. The first-order valence-electron chi connectivity index (χ1n) is 15.2. The summed E-state index contributed by atoms with van der Waals surface area (Å²) in [6.45, 7) is 6.72. The molecule has 10 nitrogen and oxygen atoms in total. The van der Waals surface area contributed by atoms with E-state index >= 15 is 4.39 Å². The average molecular weight is 647 g/mol. The second-order valence-corrected chi connectivity index (χ2v) is 13.5. The maximum atomic E-state index is 17.0. The number of nitrogen functional groups attached to an aromatic ring is 1. The summed E-state index contributed by atoms with van der Waals surface area (Å²) in [5, 5.41) is 6.70. The zero-order valence-electron chi connectivity index (χ0n) is 25.1. The van der Waals surface area contributed by atoms with Gasteiger partial charge in [-0.15, -0.1) is 13.2 Å². The molecule has 1 amide bonds. The number of alkyl halides is 3. The molecule has 0 spiro atoms. The molecule has 4 aliphatic heterocycles. The van der Waals surface area contributed by atoms with E-state index in [0.29, 0.717) is 31.5 Å². The second kappa shape index (κ2) is 9.53. The summed E-state index contributed by atoms with van der Waals surface area (Å²) >= 11 is 0. The fourth-order valence-electron chi connectivity index (χ4n) is 7.99. The molecular weight excluding hydrogens is 615 g/mol. The summed E-state index contributed by atoms with van der Waals surface area (Å²) in [6.07, 6.45) is -3.43. The first-order valence-corrected chi connectivity index (χ1v) is 15.2. The highest BCUT2D eigenvalue weighted by Crippen LogP contribution is 2.58. The van der Waals surface area contributed by atoms with Crippen LogP contribution >= 0.6 is 0 Å². The van der Waals surface area contributed by atoms with Crippen LogP contribution in [0.4, 0.5) is 39.3 Å². The number of pyridine rings is 2. The van der Waals surface area contributed by atoms with Gasteiger partial charge in [-0.1, -0.05) is 0 Å². The van der Waals surface area contributed by atoms with Crippen molar-refractivity contribution in [2.24, 2.45) is 11.3 Å². The molecule has 46 heavy (non-hydrogen) atoms. The van der Waals surface area contributed by atoms with E-state index in [9.17, 15) is 22.4 Å². The number of hydrogen-bond acceptors (Lipinski definition) is 9. The topological polar surface area (TPSA) is 124 Å². The molecule has 2 unspecified atom stereocenters. The molecule has 2 aromatic heterocycles. The number of piperazine rings is 1. The Bertz CT molecular complexity index is 1840. The number of nitrogens with two attached hydrogens (primary N) is 1. The SMILES string of the molecule is Cc1c(NC(=O)C23COCC2C3)nc2c3c(nc(-c4cc(N)cc(F)c4OC(F)(F)F)c(F)c13)O[C@@H](C)[C@@H]1[C@@H]3CC[C@](C)(CN21)N3. The average Bonchev–Trinajstić information content (AvgIpc) is 3.42. The van der Waals surface area contributed by atoms with Crippen LogP contribution in [0.3, 0.4) is 0 Å². The third-order valence-corrected chi connectivity index (χ3v) is 10.3. The van der Waals surface area contributed by atoms with Gasteiger partial charge in [0.1, 0.15) is 23.4 Å². The van der Waals surface area contributed by atoms with Crippen molar-refractivity contribution in [3.8, 4) is 22.9 Å². The number of carbonyl (C=O) groups excluding carboxylic acids is 1. The summed E-state index contributed by atoms with van der Waals surface area (Å²) in [4.78, 5) is 24.9. The van der Waals surface area contributed by atoms with E-state index in [1.54, 1.807) is 6.92 Å². The molecule has 4 fully saturated rings. The number of fused-ring (bicyclic) bond motifs is 6. The number of halogens is 5. The van der Waals surface area contributed by atoms with Crippen LogP contribution in [0, 0.1) is 29.9 Å². The van der Waals surface area contributed by atoms with Crippen molar-refractivity contribution in [3.63, 3.8) is 0 Å². The number of nitrogens with zero attached hydrogens (tertiary/aromatic N) is 3. The van der Waals surface area contributed by atoms with Gasteiger partial charge in [0.05, 0.1) is 35.6 Å². The molecule has 6 heterocycles. The van der Waals surface area contributed by atoms with Crippen LogP contribution in [0.5, 0.6) is 11.6 Å². The van der Waals surface area contributed by atoms with E-state index < -0.39 is 46.5 Å². The predicted molar refractivity (Wildman–Crippen MR) is 156 cm³/mol. The number of hydrogen-bond donors (Lipinski definition) is 3. The quantitative estimate of drug-likeness (QED) is 0.271. The van der Waals surface area contributed by atoms with E-state index in [4.69, 9.17) is 20.2 Å². The monoisotopic (exact) mass is 646 g/mol. The molecule has 1 aliphatic carbocycles. The van der Waals surface area contributed by atoms with E-state index in [1.807, 2.05) is 6.92 Å². The molecule has 0 radical (unpaired) electrons. The summed E-state index contributed by atoms with van der Waals surface area (Å²) in [7, 11) is 0. The number of benzene rings is 1.